The van der Waals surface area contributed by atoms with Gasteiger partial charge in [-0.15, -0.1) is 15.3 Å². The molecule has 7 heteroatoms. The van der Waals surface area contributed by atoms with E-state index in [9.17, 15) is 10.1 Å². The van der Waals surface area contributed by atoms with E-state index >= 15 is 0 Å². The van der Waals surface area contributed by atoms with Crippen LogP contribution in [0.15, 0.2) is 112 Å². The molecule has 0 saturated heterocycles. The number of aromatic nitrogens is 2. The topological polar surface area (TPSA) is 109 Å². The quantitative estimate of drug-likeness (QED) is 0.275. The van der Waals surface area contributed by atoms with Crippen molar-refractivity contribution < 1.29 is 0 Å². The van der Waals surface area contributed by atoms with Crippen LogP contribution >= 0.6 is 0 Å². The maximum atomic E-state index is 13.5. The van der Waals surface area contributed by atoms with E-state index in [1.165, 1.54) is 4.68 Å². The summed E-state index contributed by atoms with van der Waals surface area (Å²) in [4.78, 5) is 13.5. The molecular formula is C27H18N6O. The monoisotopic (exact) mass is 442 g/mol. The van der Waals surface area contributed by atoms with Crippen LogP contribution in [0.5, 0.6) is 0 Å². The molecule has 0 aliphatic rings. The SMILES string of the molecule is N#Cc1c(-c2ccccc2)cc2c(N=Nc3ccccc3)nn(-c3ccccc3)c(=O)c2c1N. The van der Waals surface area contributed by atoms with Gasteiger partial charge in [-0.3, -0.25) is 4.79 Å². The number of azo groups is 1. The zero-order valence-corrected chi connectivity index (χ0v) is 18.0. The predicted octanol–water partition coefficient (Wildman–Crippen LogP) is 5.92. The minimum atomic E-state index is -0.437. The minimum absolute atomic E-state index is 0.0899. The summed E-state index contributed by atoms with van der Waals surface area (Å²) in [5.74, 6) is 0.218. The highest BCUT2D eigenvalue weighted by molar-refractivity contribution is 6.04. The molecule has 0 unspecified atom stereocenters. The van der Waals surface area contributed by atoms with Crippen molar-refractivity contribution in [2.75, 3.05) is 5.73 Å². The van der Waals surface area contributed by atoms with Crippen LogP contribution in [0.2, 0.25) is 0 Å². The van der Waals surface area contributed by atoms with Gasteiger partial charge in [0, 0.05) is 10.9 Å². The van der Waals surface area contributed by atoms with E-state index in [1.807, 2.05) is 66.7 Å². The molecule has 0 radical (unpaired) electrons. The molecule has 162 valence electrons. The first-order valence-electron chi connectivity index (χ1n) is 10.5. The van der Waals surface area contributed by atoms with Gasteiger partial charge in [-0.25, -0.2) is 0 Å². The smallest absolute Gasteiger partial charge is 0.281 e. The van der Waals surface area contributed by atoms with Crippen LogP contribution in [0, 0.1) is 11.3 Å². The average molecular weight is 442 g/mol. The molecule has 0 atom stereocenters. The van der Waals surface area contributed by atoms with E-state index in [0.29, 0.717) is 22.3 Å². The minimum Gasteiger partial charge on any atom is -0.397 e. The lowest BCUT2D eigenvalue weighted by atomic mass is 9.95. The Morgan fingerprint density at radius 3 is 2.12 bits per heavy atom. The Labute approximate surface area is 195 Å². The summed E-state index contributed by atoms with van der Waals surface area (Å²) in [6.07, 6.45) is 0. The summed E-state index contributed by atoms with van der Waals surface area (Å²) in [7, 11) is 0. The van der Waals surface area contributed by atoms with Gasteiger partial charge in [0.2, 0.25) is 5.82 Å². The number of hydrogen-bond donors (Lipinski definition) is 1. The number of benzene rings is 4. The van der Waals surface area contributed by atoms with E-state index in [4.69, 9.17) is 5.73 Å². The van der Waals surface area contributed by atoms with Gasteiger partial charge in [0.15, 0.2) is 0 Å². The molecule has 5 aromatic rings. The second kappa shape index (κ2) is 8.81. The van der Waals surface area contributed by atoms with Crippen LogP contribution in [0.1, 0.15) is 5.56 Å². The van der Waals surface area contributed by atoms with Crippen LogP contribution in [-0.2, 0) is 0 Å². The molecule has 2 N–H and O–H groups in total. The highest BCUT2D eigenvalue weighted by atomic mass is 16.1. The molecule has 0 aliphatic heterocycles. The number of hydrogen-bond acceptors (Lipinski definition) is 6. The number of rotatable bonds is 4. The summed E-state index contributed by atoms with van der Waals surface area (Å²) in [5.41, 5.74) is 8.93. The molecule has 0 spiro atoms. The van der Waals surface area contributed by atoms with Crippen LogP contribution in [0.4, 0.5) is 17.2 Å². The first-order valence-corrected chi connectivity index (χ1v) is 10.5. The van der Waals surface area contributed by atoms with Gasteiger partial charge in [0.25, 0.3) is 5.56 Å². The molecular weight excluding hydrogens is 424 g/mol. The number of nitrogen functional groups attached to an aromatic ring is 1. The number of nitrogens with two attached hydrogens (primary N) is 1. The Kier molecular flexibility index (Phi) is 5.38. The van der Waals surface area contributed by atoms with Gasteiger partial charge < -0.3 is 5.73 Å². The fourth-order valence-electron chi connectivity index (χ4n) is 3.79. The Morgan fingerprint density at radius 2 is 1.47 bits per heavy atom. The molecule has 4 aromatic carbocycles. The lowest BCUT2D eigenvalue weighted by molar-refractivity contribution is 0.817. The number of para-hydroxylation sites is 1. The van der Waals surface area contributed by atoms with E-state index in [-0.39, 0.29) is 22.5 Å². The first-order chi connectivity index (χ1) is 16.7. The summed E-state index contributed by atoms with van der Waals surface area (Å²) in [6.45, 7) is 0. The van der Waals surface area contributed by atoms with Crippen molar-refractivity contribution in [1.29, 1.82) is 5.26 Å². The van der Waals surface area contributed by atoms with E-state index in [0.717, 1.165) is 5.56 Å². The first kappa shape index (κ1) is 20.8. The predicted molar refractivity (Wildman–Crippen MR) is 133 cm³/mol. The summed E-state index contributed by atoms with van der Waals surface area (Å²) < 4.78 is 1.24. The molecule has 7 nitrogen and oxygen atoms in total. The van der Waals surface area contributed by atoms with Crippen molar-refractivity contribution in [3.63, 3.8) is 0 Å². The number of nitriles is 1. The van der Waals surface area contributed by atoms with Gasteiger partial charge >= 0.3 is 0 Å². The summed E-state index contributed by atoms with van der Waals surface area (Å²) >= 11 is 0. The van der Waals surface area contributed by atoms with E-state index in [1.54, 1.807) is 30.3 Å². The normalized spacial score (nSPS) is 11.0. The number of fused-ring (bicyclic) bond motifs is 1. The van der Waals surface area contributed by atoms with Crippen LogP contribution in [0.25, 0.3) is 27.6 Å². The zero-order chi connectivity index (χ0) is 23.5. The Morgan fingerprint density at radius 1 is 0.853 bits per heavy atom. The fourth-order valence-corrected chi connectivity index (χ4v) is 3.79. The van der Waals surface area contributed by atoms with Crippen molar-refractivity contribution in [2.45, 2.75) is 0 Å². The molecule has 0 amide bonds. The third-order valence-corrected chi connectivity index (χ3v) is 5.42. The van der Waals surface area contributed by atoms with Gasteiger partial charge in [-0.05, 0) is 35.9 Å². The van der Waals surface area contributed by atoms with Gasteiger partial charge in [0.1, 0.15) is 6.07 Å². The van der Waals surface area contributed by atoms with Crippen LogP contribution in [0.3, 0.4) is 0 Å². The largest absolute Gasteiger partial charge is 0.397 e. The van der Waals surface area contributed by atoms with Crippen molar-refractivity contribution in [3.05, 3.63) is 113 Å². The molecule has 34 heavy (non-hydrogen) atoms. The van der Waals surface area contributed by atoms with Gasteiger partial charge in [-0.2, -0.15) is 9.94 Å². The second-order valence-electron chi connectivity index (χ2n) is 7.52. The molecule has 0 aliphatic carbocycles. The molecule has 0 saturated carbocycles. The van der Waals surface area contributed by atoms with Crippen LogP contribution < -0.4 is 11.3 Å². The van der Waals surface area contributed by atoms with Crippen molar-refractivity contribution >= 4 is 28.0 Å². The third kappa shape index (κ3) is 3.70. The Balaban J connectivity index is 1.86. The van der Waals surface area contributed by atoms with Crippen molar-refractivity contribution in [3.8, 4) is 22.9 Å². The lowest BCUT2D eigenvalue weighted by Gasteiger charge is -2.14. The molecule has 0 bridgehead atoms. The van der Waals surface area contributed by atoms with Crippen LogP contribution in [-0.4, -0.2) is 9.78 Å². The zero-order valence-electron chi connectivity index (χ0n) is 18.0. The second-order valence-corrected chi connectivity index (χ2v) is 7.52. The molecule has 1 aromatic heterocycles. The van der Waals surface area contributed by atoms with Crippen molar-refractivity contribution in [2.24, 2.45) is 10.2 Å². The van der Waals surface area contributed by atoms with Crippen molar-refractivity contribution in [1.82, 2.24) is 9.78 Å². The highest BCUT2D eigenvalue weighted by Gasteiger charge is 2.20. The maximum absolute atomic E-state index is 13.5. The lowest BCUT2D eigenvalue weighted by Crippen LogP contribution is -2.22. The maximum Gasteiger partial charge on any atom is 0.281 e. The third-order valence-electron chi connectivity index (χ3n) is 5.42. The number of anilines is 1. The summed E-state index contributed by atoms with van der Waals surface area (Å²) in [6, 6.07) is 31.5. The molecule has 1 heterocycles. The Bertz CT molecular complexity index is 1620. The van der Waals surface area contributed by atoms with Gasteiger partial charge in [0.05, 0.1) is 28.0 Å². The Hall–Kier alpha value is -5.09. The van der Waals surface area contributed by atoms with Gasteiger partial charge in [-0.1, -0.05) is 66.7 Å². The van der Waals surface area contributed by atoms with E-state index < -0.39 is 5.56 Å². The fraction of sp³-hybridized carbons (Fsp3) is 0. The average Bonchev–Trinajstić information content (AvgIpc) is 2.89. The number of nitrogens with zero attached hydrogens (tertiary/aromatic N) is 5. The molecule has 0 fully saturated rings. The van der Waals surface area contributed by atoms with E-state index in [2.05, 4.69) is 21.4 Å². The molecule has 5 rings (SSSR count). The highest BCUT2D eigenvalue weighted by Crippen LogP contribution is 2.36. The standard InChI is InChI=1S/C27H18N6O/c28-17-23-21(18-10-4-1-5-11-18)16-22-24(25(23)29)27(34)33(20-14-8-3-9-15-20)32-26(22)31-30-19-12-6-2-7-13-19/h1-16H,29H2. The summed E-state index contributed by atoms with van der Waals surface area (Å²) in [5, 5.41) is 23.7.